The Balaban J connectivity index is 1.60. The SMILES string of the molecule is Cc1ccc2c(c1-c1n(-c3c(C(C)C)cccc3C(C)C)c3ccccc3[n+]1C)-c1ccccc1-c1ccccc1-c1ccccc1-2. The van der Waals surface area contributed by atoms with E-state index in [1.165, 1.54) is 89.3 Å². The van der Waals surface area contributed by atoms with Gasteiger partial charge in [-0.3, -0.25) is 0 Å². The standard InChI is InChI=1S/C45H41N2/c1-28(2)31-22-15-23-32(29(3)4)44(31)47-41-25-14-13-24-40(41)46(6)45(47)42-30(5)26-27-39-37-20-10-9-18-35(37)33-16-7-8-17-34(33)36-19-11-12-21-38(36)43(39)42/h7-29H,1-6H3/q+1. The zero-order valence-electron chi connectivity index (χ0n) is 28.2. The Bertz CT molecular complexity index is 2300. The third-order valence-corrected chi connectivity index (χ3v) is 10.1. The van der Waals surface area contributed by atoms with E-state index in [0.29, 0.717) is 11.8 Å². The molecule has 0 spiro atoms. The fourth-order valence-corrected chi connectivity index (χ4v) is 7.93. The highest BCUT2D eigenvalue weighted by Crippen LogP contribution is 2.51. The monoisotopic (exact) mass is 609 g/mol. The molecule has 1 heterocycles. The van der Waals surface area contributed by atoms with Crippen molar-refractivity contribution in [1.29, 1.82) is 0 Å². The minimum absolute atomic E-state index is 0.365. The minimum Gasteiger partial charge on any atom is -0.225 e. The molecule has 2 heteroatoms. The molecule has 47 heavy (non-hydrogen) atoms. The second-order valence-corrected chi connectivity index (χ2v) is 13.6. The van der Waals surface area contributed by atoms with Gasteiger partial charge in [-0.05, 0) is 75.4 Å². The van der Waals surface area contributed by atoms with E-state index in [1.54, 1.807) is 0 Å². The van der Waals surface area contributed by atoms with Crippen molar-refractivity contribution in [2.24, 2.45) is 7.05 Å². The van der Waals surface area contributed by atoms with Crippen LogP contribution in [0, 0.1) is 6.92 Å². The summed E-state index contributed by atoms with van der Waals surface area (Å²) in [4.78, 5) is 0. The molecule has 0 saturated carbocycles. The third kappa shape index (κ3) is 4.42. The van der Waals surface area contributed by atoms with Crippen LogP contribution in [-0.4, -0.2) is 4.57 Å². The second kappa shape index (κ2) is 11.2. The molecule has 0 atom stereocenters. The Kier molecular flexibility index (Phi) is 6.99. The van der Waals surface area contributed by atoms with Crippen LogP contribution in [0.5, 0.6) is 0 Å². The average Bonchev–Trinajstić information content (AvgIpc) is 3.38. The van der Waals surface area contributed by atoms with E-state index in [9.17, 15) is 0 Å². The van der Waals surface area contributed by atoms with Crippen LogP contribution < -0.4 is 4.57 Å². The number of nitrogens with zero attached hydrogens (tertiary/aromatic N) is 2. The van der Waals surface area contributed by atoms with Crippen LogP contribution in [0.4, 0.5) is 0 Å². The lowest BCUT2D eigenvalue weighted by atomic mass is 9.78. The van der Waals surface area contributed by atoms with Gasteiger partial charge in [-0.2, -0.15) is 4.57 Å². The predicted molar refractivity (Wildman–Crippen MR) is 198 cm³/mol. The maximum Gasteiger partial charge on any atom is 0.295 e. The van der Waals surface area contributed by atoms with Crippen molar-refractivity contribution >= 4 is 11.0 Å². The van der Waals surface area contributed by atoms with E-state index in [4.69, 9.17) is 0 Å². The molecule has 6 aromatic carbocycles. The minimum atomic E-state index is 0.365. The van der Waals surface area contributed by atoms with Gasteiger partial charge in [0.25, 0.3) is 5.82 Å². The van der Waals surface area contributed by atoms with Crippen LogP contribution in [0.25, 0.3) is 72.6 Å². The van der Waals surface area contributed by atoms with Crippen LogP contribution in [0.3, 0.4) is 0 Å². The van der Waals surface area contributed by atoms with Crippen LogP contribution in [-0.2, 0) is 7.05 Å². The van der Waals surface area contributed by atoms with Gasteiger partial charge in [0, 0.05) is 16.7 Å². The lowest BCUT2D eigenvalue weighted by Gasteiger charge is -2.25. The maximum absolute atomic E-state index is 2.59. The number of hydrogen-bond acceptors (Lipinski definition) is 0. The van der Waals surface area contributed by atoms with Gasteiger partial charge in [0.2, 0.25) is 0 Å². The fourth-order valence-electron chi connectivity index (χ4n) is 7.93. The Labute approximate surface area is 278 Å². The van der Waals surface area contributed by atoms with E-state index < -0.39 is 0 Å². The molecule has 0 N–H and O–H groups in total. The lowest BCUT2D eigenvalue weighted by Crippen LogP contribution is -2.31. The number of aryl methyl sites for hydroxylation is 2. The zero-order chi connectivity index (χ0) is 32.4. The molecule has 0 aliphatic heterocycles. The molecule has 0 radical (unpaired) electrons. The Morgan fingerprint density at radius 2 is 0.936 bits per heavy atom. The van der Waals surface area contributed by atoms with Gasteiger partial charge >= 0.3 is 0 Å². The van der Waals surface area contributed by atoms with Crippen molar-refractivity contribution in [3.05, 3.63) is 144 Å². The summed E-state index contributed by atoms with van der Waals surface area (Å²) in [6.45, 7) is 11.6. The van der Waals surface area contributed by atoms with E-state index in [0.717, 1.165) is 0 Å². The van der Waals surface area contributed by atoms with Crippen molar-refractivity contribution < 1.29 is 4.57 Å². The highest BCUT2D eigenvalue weighted by Gasteiger charge is 2.35. The van der Waals surface area contributed by atoms with E-state index in [-0.39, 0.29) is 0 Å². The Morgan fingerprint density at radius 1 is 0.468 bits per heavy atom. The normalized spacial score (nSPS) is 12.0. The topological polar surface area (TPSA) is 8.81 Å². The first-order valence-electron chi connectivity index (χ1n) is 16.9. The second-order valence-electron chi connectivity index (χ2n) is 13.6. The van der Waals surface area contributed by atoms with Gasteiger partial charge < -0.3 is 0 Å². The zero-order valence-corrected chi connectivity index (χ0v) is 28.2. The molecule has 1 aromatic heterocycles. The lowest BCUT2D eigenvalue weighted by molar-refractivity contribution is -0.633. The van der Waals surface area contributed by atoms with E-state index in [2.05, 4.69) is 178 Å². The Hall–Kier alpha value is -5.21. The number of benzene rings is 6. The summed E-state index contributed by atoms with van der Waals surface area (Å²) in [5.41, 5.74) is 19.2. The molecule has 0 unspecified atom stereocenters. The maximum atomic E-state index is 2.59. The molecule has 1 aliphatic carbocycles. The van der Waals surface area contributed by atoms with Crippen LogP contribution in [0.1, 0.15) is 56.2 Å². The molecule has 7 aromatic rings. The first kappa shape index (κ1) is 29.2. The summed E-state index contributed by atoms with van der Waals surface area (Å²) in [5, 5.41) is 0. The molecular weight excluding hydrogens is 569 g/mol. The largest absolute Gasteiger partial charge is 0.295 e. The molecule has 0 fully saturated rings. The number of hydrogen-bond donors (Lipinski definition) is 0. The summed E-state index contributed by atoms with van der Waals surface area (Å²) in [7, 11) is 2.25. The molecule has 0 amide bonds. The summed E-state index contributed by atoms with van der Waals surface area (Å²) < 4.78 is 5.02. The molecule has 1 aliphatic rings. The first-order valence-corrected chi connectivity index (χ1v) is 16.9. The summed E-state index contributed by atoms with van der Waals surface area (Å²) in [6.07, 6.45) is 0. The summed E-state index contributed by atoms with van der Waals surface area (Å²) in [5.74, 6) is 1.94. The van der Waals surface area contributed by atoms with Gasteiger partial charge in [-0.1, -0.05) is 143 Å². The van der Waals surface area contributed by atoms with Crippen molar-refractivity contribution in [2.75, 3.05) is 0 Å². The van der Waals surface area contributed by atoms with Gasteiger partial charge in [0.1, 0.15) is 5.69 Å². The summed E-state index contributed by atoms with van der Waals surface area (Å²) in [6, 6.07) is 47.4. The van der Waals surface area contributed by atoms with Crippen molar-refractivity contribution in [3.8, 4) is 61.6 Å². The molecule has 8 rings (SSSR count). The highest BCUT2D eigenvalue weighted by atomic mass is 15.2. The van der Waals surface area contributed by atoms with Crippen molar-refractivity contribution in [2.45, 2.75) is 46.5 Å². The van der Waals surface area contributed by atoms with Crippen LogP contribution in [0.2, 0.25) is 0 Å². The first-order chi connectivity index (χ1) is 22.9. The molecular formula is C45H41N2+. The van der Waals surface area contributed by atoms with E-state index >= 15 is 0 Å². The van der Waals surface area contributed by atoms with E-state index in [1.807, 2.05) is 0 Å². The molecule has 0 bridgehead atoms. The Morgan fingerprint density at radius 3 is 1.49 bits per heavy atom. The van der Waals surface area contributed by atoms with Crippen molar-refractivity contribution in [3.63, 3.8) is 0 Å². The molecule has 2 nitrogen and oxygen atoms in total. The summed E-state index contributed by atoms with van der Waals surface area (Å²) >= 11 is 0. The number of imidazole rings is 1. The molecule has 230 valence electrons. The van der Waals surface area contributed by atoms with Gasteiger partial charge in [-0.25, -0.2) is 4.57 Å². The molecule has 0 saturated heterocycles. The van der Waals surface area contributed by atoms with Crippen LogP contribution >= 0.6 is 0 Å². The number of fused-ring (bicyclic) bond motifs is 9. The quantitative estimate of drug-likeness (QED) is 0.176. The third-order valence-electron chi connectivity index (χ3n) is 10.1. The van der Waals surface area contributed by atoms with Crippen molar-refractivity contribution in [1.82, 2.24) is 4.57 Å². The highest BCUT2D eigenvalue weighted by molar-refractivity contribution is 6.07. The number of aromatic nitrogens is 2. The average molecular weight is 610 g/mol. The van der Waals surface area contributed by atoms with Gasteiger partial charge in [0.15, 0.2) is 11.0 Å². The van der Waals surface area contributed by atoms with Gasteiger partial charge in [0.05, 0.1) is 12.6 Å². The fraction of sp³-hybridized carbons (Fsp3) is 0.178. The number of rotatable bonds is 4. The van der Waals surface area contributed by atoms with Crippen LogP contribution in [0.15, 0.2) is 127 Å². The smallest absolute Gasteiger partial charge is 0.225 e. The number of para-hydroxylation sites is 3. The van der Waals surface area contributed by atoms with Gasteiger partial charge in [-0.15, -0.1) is 0 Å². The predicted octanol–water partition coefficient (Wildman–Crippen LogP) is 11.7.